The van der Waals surface area contributed by atoms with Gasteiger partial charge in [-0.15, -0.1) is 0 Å². The Morgan fingerprint density at radius 1 is 1.21 bits per heavy atom. The van der Waals surface area contributed by atoms with Gasteiger partial charge in [0.2, 0.25) is 0 Å². The fourth-order valence-corrected chi connectivity index (χ4v) is 1.44. The zero-order chi connectivity index (χ0) is 11.5. The van der Waals surface area contributed by atoms with E-state index in [1.807, 2.05) is 53.6 Å². The summed E-state index contributed by atoms with van der Waals surface area (Å²) in [5.74, 6) is 0.123. The van der Waals surface area contributed by atoms with Crippen LogP contribution in [0.2, 0.25) is 0 Å². The lowest BCUT2D eigenvalue weighted by Crippen LogP contribution is -2.43. The van der Waals surface area contributed by atoms with Crippen molar-refractivity contribution >= 4 is 5.97 Å². The molecule has 0 aliphatic carbocycles. The lowest BCUT2D eigenvalue weighted by atomic mass is 10.0. The number of likely N-dealkylation sites (N-methyl/N-ethyl adjacent to an activating group) is 1. The molecule has 0 aromatic rings. The van der Waals surface area contributed by atoms with Gasteiger partial charge in [0.05, 0.1) is 0 Å². The van der Waals surface area contributed by atoms with Gasteiger partial charge < -0.3 is 4.74 Å². The Morgan fingerprint density at radius 3 is 1.86 bits per heavy atom. The van der Waals surface area contributed by atoms with Crippen LogP contribution >= 0.6 is 0 Å². The average Bonchev–Trinajstić information content (AvgIpc) is 1.78. The summed E-state index contributed by atoms with van der Waals surface area (Å²) in [5, 5.41) is 0. The van der Waals surface area contributed by atoms with Gasteiger partial charge in [0.1, 0.15) is 11.6 Å². The van der Waals surface area contributed by atoms with Crippen molar-refractivity contribution in [3.63, 3.8) is 0 Å². The molecule has 0 aliphatic heterocycles. The Kier molecular flexibility index (Phi) is 4.59. The maximum absolute atomic E-state index is 11.8. The fourth-order valence-electron chi connectivity index (χ4n) is 1.44. The Balaban J connectivity index is 4.47. The summed E-state index contributed by atoms with van der Waals surface area (Å²) in [6, 6.07) is -0.158. The zero-order valence-electron chi connectivity index (χ0n) is 10.4. The maximum atomic E-state index is 11.8. The number of rotatable bonds is 3. The Morgan fingerprint density at radius 2 is 1.64 bits per heavy atom. The highest BCUT2D eigenvalue weighted by Crippen LogP contribution is 2.14. The summed E-state index contributed by atoms with van der Waals surface area (Å²) in [6.45, 7) is 9.71. The standard InChI is InChI=1S/C11H23NO2/c1-8(2)9(12(6)7)10(13)14-11(3,4)5/h8-9H,1-7H3/t9-/m0/s1. The molecular formula is C11H23NO2. The molecule has 0 saturated carbocycles. The smallest absolute Gasteiger partial charge is 0.324 e. The predicted molar refractivity (Wildman–Crippen MR) is 58.2 cm³/mol. The highest BCUT2D eigenvalue weighted by molar-refractivity contribution is 5.76. The van der Waals surface area contributed by atoms with E-state index in [-0.39, 0.29) is 17.9 Å². The number of carbonyl (C=O) groups excluding carboxylic acids is 1. The summed E-state index contributed by atoms with van der Waals surface area (Å²) >= 11 is 0. The quantitative estimate of drug-likeness (QED) is 0.653. The van der Waals surface area contributed by atoms with E-state index in [0.29, 0.717) is 0 Å². The second-order valence-electron chi connectivity index (χ2n) is 5.19. The van der Waals surface area contributed by atoms with E-state index < -0.39 is 5.60 Å². The number of nitrogens with zero attached hydrogens (tertiary/aromatic N) is 1. The second kappa shape index (κ2) is 4.78. The summed E-state index contributed by atoms with van der Waals surface area (Å²) in [5.41, 5.74) is -0.403. The van der Waals surface area contributed by atoms with Crippen LogP contribution in [-0.2, 0) is 9.53 Å². The minimum absolute atomic E-state index is 0.141. The van der Waals surface area contributed by atoms with E-state index in [1.165, 1.54) is 0 Å². The van der Waals surface area contributed by atoms with Crippen molar-refractivity contribution < 1.29 is 9.53 Å². The third-order valence-electron chi connectivity index (χ3n) is 1.84. The van der Waals surface area contributed by atoms with Crippen molar-refractivity contribution in [3.8, 4) is 0 Å². The molecule has 0 aromatic heterocycles. The van der Waals surface area contributed by atoms with Crippen molar-refractivity contribution in [2.75, 3.05) is 14.1 Å². The molecule has 84 valence electrons. The lowest BCUT2D eigenvalue weighted by molar-refractivity contribution is -0.162. The number of ether oxygens (including phenoxy) is 1. The Bertz CT molecular complexity index is 184. The average molecular weight is 201 g/mol. The van der Waals surface area contributed by atoms with E-state index in [9.17, 15) is 4.79 Å². The minimum Gasteiger partial charge on any atom is -0.459 e. The van der Waals surface area contributed by atoms with Crippen molar-refractivity contribution in [1.82, 2.24) is 4.90 Å². The third kappa shape index (κ3) is 4.61. The molecule has 14 heavy (non-hydrogen) atoms. The summed E-state index contributed by atoms with van der Waals surface area (Å²) in [6.07, 6.45) is 0. The van der Waals surface area contributed by atoms with E-state index in [4.69, 9.17) is 4.74 Å². The maximum Gasteiger partial charge on any atom is 0.324 e. The van der Waals surface area contributed by atoms with Crippen LogP contribution in [0.15, 0.2) is 0 Å². The number of esters is 1. The Hall–Kier alpha value is -0.570. The van der Waals surface area contributed by atoms with Gasteiger partial charge in [-0.1, -0.05) is 13.8 Å². The summed E-state index contributed by atoms with van der Waals surface area (Å²) < 4.78 is 5.34. The van der Waals surface area contributed by atoms with Crippen LogP contribution in [0.4, 0.5) is 0 Å². The van der Waals surface area contributed by atoms with Crippen LogP contribution in [0, 0.1) is 5.92 Å². The summed E-state index contributed by atoms with van der Waals surface area (Å²) in [7, 11) is 3.79. The predicted octanol–water partition coefficient (Wildman–Crippen LogP) is 1.91. The molecule has 0 unspecified atom stereocenters. The van der Waals surface area contributed by atoms with Crippen molar-refractivity contribution in [2.45, 2.75) is 46.3 Å². The van der Waals surface area contributed by atoms with Gasteiger partial charge in [-0.25, -0.2) is 0 Å². The number of carbonyl (C=O) groups is 1. The minimum atomic E-state index is -0.403. The van der Waals surface area contributed by atoms with Gasteiger partial charge in [-0.05, 0) is 40.8 Å². The molecule has 0 aliphatic rings. The molecule has 0 aromatic carbocycles. The molecule has 0 radical (unpaired) electrons. The van der Waals surface area contributed by atoms with Crippen LogP contribution in [0.25, 0.3) is 0 Å². The number of hydrogen-bond acceptors (Lipinski definition) is 3. The first-order valence-corrected chi connectivity index (χ1v) is 5.04. The molecule has 0 heterocycles. The normalized spacial score (nSPS) is 14.6. The van der Waals surface area contributed by atoms with Crippen molar-refractivity contribution in [1.29, 1.82) is 0 Å². The van der Waals surface area contributed by atoms with E-state index in [1.54, 1.807) is 0 Å². The van der Waals surface area contributed by atoms with Gasteiger partial charge in [-0.3, -0.25) is 9.69 Å². The SMILES string of the molecule is CC(C)[C@@H](C(=O)OC(C)(C)C)N(C)C. The number of hydrogen-bond donors (Lipinski definition) is 0. The van der Waals surface area contributed by atoms with E-state index in [0.717, 1.165) is 0 Å². The first-order chi connectivity index (χ1) is 6.15. The molecular weight excluding hydrogens is 178 g/mol. The zero-order valence-corrected chi connectivity index (χ0v) is 10.4. The molecule has 0 spiro atoms. The fraction of sp³-hybridized carbons (Fsp3) is 0.909. The largest absolute Gasteiger partial charge is 0.459 e. The van der Waals surface area contributed by atoms with Crippen molar-refractivity contribution in [3.05, 3.63) is 0 Å². The lowest BCUT2D eigenvalue weighted by Gasteiger charge is -2.29. The third-order valence-corrected chi connectivity index (χ3v) is 1.84. The molecule has 0 fully saturated rings. The van der Waals surface area contributed by atoms with Gasteiger partial charge >= 0.3 is 5.97 Å². The second-order valence-corrected chi connectivity index (χ2v) is 5.19. The monoisotopic (exact) mass is 201 g/mol. The molecule has 0 N–H and O–H groups in total. The van der Waals surface area contributed by atoms with Crippen LogP contribution < -0.4 is 0 Å². The van der Waals surface area contributed by atoms with Crippen molar-refractivity contribution in [2.24, 2.45) is 5.92 Å². The highest BCUT2D eigenvalue weighted by Gasteiger charge is 2.29. The van der Waals surface area contributed by atoms with Crippen LogP contribution in [0.1, 0.15) is 34.6 Å². The molecule has 0 saturated heterocycles. The van der Waals surface area contributed by atoms with Gasteiger partial charge in [0.15, 0.2) is 0 Å². The first-order valence-electron chi connectivity index (χ1n) is 5.04. The Labute approximate surface area is 87.4 Å². The van der Waals surface area contributed by atoms with Gasteiger partial charge in [0.25, 0.3) is 0 Å². The van der Waals surface area contributed by atoms with Gasteiger partial charge in [0, 0.05) is 0 Å². The summed E-state index contributed by atoms with van der Waals surface area (Å²) in [4.78, 5) is 13.7. The topological polar surface area (TPSA) is 29.5 Å². The van der Waals surface area contributed by atoms with Crippen LogP contribution in [0.5, 0.6) is 0 Å². The van der Waals surface area contributed by atoms with E-state index >= 15 is 0 Å². The highest BCUT2D eigenvalue weighted by atomic mass is 16.6. The molecule has 0 amide bonds. The molecule has 0 rings (SSSR count). The van der Waals surface area contributed by atoms with Gasteiger partial charge in [-0.2, -0.15) is 0 Å². The molecule has 1 atom stereocenters. The first kappa shape index (κ1) is 13.4. The van der Waals surface area contributed by atoms with Crippen LogP contribution in [-0.4, -0.2) is 36.6 Å². The molecule has 3 nitrogen and oxygen atoms in total. The molecule has 0 bridgehead atoms. The van der Waals surface area contributed by atoms with E-state index in [2.05, 4.69) is 0 Å². The van der Waals surface area contributed by atoms with Crippen LogP contribution in [0.3, 0.4) is 0 Å². The molecule has 3 heteroatoms.